The molecule has 3 rings (SSSR count). The van der Waals surface area contributed by atoms with Gasteiger partial charge in [0.1, 0.15) is 11.3 Å². The highest BCUT2D eigenvalue weighted by atomic mass is 16.5. The van der Waals surface area contributed by atoms with Crippen molar-refractivity contribution in [2.45, 2.75) is 32.0 Å². The molecular formula is C17H24N2O2. The second-order valence-corrected chi connectivity index (χ2v) is 6.01. The van der Waals surface area contributed by atoms with E-state index in [1.165, 1.54) is 23.8 Å². The molecule has 0 amide bonds. The Morgan fingerprint density at radius 3 is 2.86 bits per heavy atom. The van der Waals surface area contributed by atoms with Crippen molar-refractivity contribution in [3.05, 3.63) is 35.6 Å². The van der Waals surface area contributed by atoms with Crippen LogP contribution < -0.4 is 5.32 Å². The van der Waals surface area contributed by atoms with Crippen LogP contribution in [0.2, 0.25) is 0 Å². The van der Waals surface area contributed by atoms with E-state index in [9.17, 15) is 0 Å². The number of ether oxygens (including phenoxy) is 1. The maximum Gasteiger partial charge on any atom is 0.134 e. The van der Waals surface area contributed by atoms with Crippen molar-refractivity contribution < 1.29 is 9.15 Å². The minimum absolute atomic E-state index is 0.618. The van der Waals surface area contributed by atoms with E-state index in [4.69, 9.17) is 9.15 Å². The van der Waals surface area contributed by atoms with E-state index in [-0.39, 0.29) is 0 Å². The minimum Gasteiger partial charge on any atom is -0.459 e. The topological polar surface area (TPSA) is 37.6 Å². The van der Waals surface area contributed by atoms with Crippen LogP contribution in [0.5, 0.6) is 0 Å². The number of nitrogens with zero attached hydrogens (tertiary/aromatic N) is 1. The lowest BCUT2D eigenvalue weighted by Crippen LogP contribution is -2.18. The van der Waals surface area contributed by atoms with Crippen LogP contribution in [0, 0.1) is 0 Å². The molecule has 1 aliphatic carbocycles. The molecule has 1 aromatic carbocycles. The third-order valence-electron chi connectivity index (χ3n) is 3.84. The predicted octanol–water partition coefficient (Wildman–Crippen LogP) is 2.76. The number of fused-ring (bicyclic) bond motifs is 1. The Bertz CT molecular complexity index is 587. The van der Waals surface area contributed by atoms with Crippen molar-refractivity contribution in [1.29, 1.82) is 0 Å². The molecule has 1 N–H and O–H groups in total. The van der Waals surface area contributed by atoms with Gasteiger partial charge >= 0.3 is 0 Å². The number of rotatable bonds is 8. The molecule has 0 saturated heterocycles. The van der Waals surface area contributed by atoms with Gasteiger partial charge in [-0.15, -0.1) is 0 Å². The van der Waals surface area contributed by atoms with Crippen molar-refractivity contribution in [3.8, 4) is 0 Å². The summed E-state index contributed by atoms with van der Waals surface area (Å²) in [5.74, 6) is 1.02. The third kappa shape index (κ3) is 3.84. The van der Waals surface area contributed by atoms with E-state index in [1.807, 2.05) is 12.1 Å². The SMILES string of the molecule is CN(C)CCOCc1c(CNC2CC2)oc2ccccc12. The molecule has 1 aromatic heterocycles. The Balaban J connectivity index is 1.71. The van der Waals surface area contributed by atoms with Crippen molar-refractivity contribution >= 4 is 11.0 Å². The molecule has 4 heteroatoms. The van der Waals surface area contributed by atoms with Crippen LogP contribution in [0.1, 0.15) is 24.2 Å². The summed E-state index contributed by atoms with van der Waals surface area (Å²) in [5.41, 5.74) is 2.15. The van der Waals surface area contributed by atoms with Crippen LogP contribution >= 0.6 is 0 Å². The normalized spacial score (nSPS) is 15.2. The Labute approximate surface area is 126 Å². The first-order valence-corrected chi connectivity index (χ1v) is 7.69. The summed E-state index contributed by atoms with van der Waals surface area (Å²) in [5, 5.41) is 4.70. The number of benzene rings is 1. The number of hydrogen-bond acceptors (Lipinski definition) is 4. The van der Waals surface area contributed by atoms with Crippen LogP contribution in [-0.4, -0.2) is 38.2 Å². The fourth-order valence-corrected chi connectivity index (χ4v) is 2.40. The number of para-hydroxylation sites is 1. The average molecular weight is 288 g/mol. The third-order valence-corrected chi connectivity index (χ3v) is 3.84. The van der Waals surface area contributed by atoms with Crippen molar-refractivity contribution in [3.63, 3.8) is 0 Å². The minimum atomic E-state index is 0.618. The van der Waals surface area contributed by atoms with E-state index in [0.717, 1.165) is 31.0 Å². The maximum absolute atomic E-state index is 6.00. The van der Waals surface area contributed by atoms with Gasteiger partial charge in [0.05, 0.1) is 19.8 Å². The van der Waals surface area contributed by atoms with Crippen molar-refractivity contribution in [1.82, 2.24) is 10.2 Å². The average Bonchev–Trinajstić information content (AvgIpc) is 3.23. The summed E-state index contributed by atoms with van der Waals surface area (Å²) in [4.78, 5) is 2.13. The first-order chi connectivity index (χ1) is 10.2. The smallest absolute Gasteiger partial charge is 0.134 e. The molecule has 0 bridgehead atoms. The standard InChI is InChI=1S/C17H24N2O2/c1-19(2)9-10-20-12-15-14-5-3-4-6-16(14)21-17(15)11-18-13-7-8-13/h3-6,13,18H,7-12H2,1-2H3. The zero-order valence-electron chi connectivity index (χ0n) is 12.9. The molecule has 0 unspecified atom stereocenters. The van der Waals surface area contributed by atoms with Gasteiger partial charge in [0.2, 0.25) is 0 Å². The lowest BCUT2D eigenvalue weighted by atomic mass is 10.1. The van der Waals surface area contributed by atoms with Crippen LogP contribution in [0.4, 0.5) is 0 Å². The molecule has 4 nitrogen and oxygen atoms in total. The van der Waals surface area contributed by atoms with Gasteiger partial charge in [-0.2, -0.15) is 0 Å². The predicted molar refractivity (Wildman–Crippen MR) is 84.3 cm³/mol. The van der Waals surface area contributed by atoms with Gasteiger partial charge < -0.3 is 19.4 Å². The molecule has 0 spiro atoms. The van der Waals surface area contributed by atoms with Gasteiger partial charge in [-0.25, -0.2) is 0 Å². The van der Waals surface area contributed by atoms with Gasteiger partial charge in [-0.05, 0) is 33.0 Å². The van der Waals surface area contributed by atoms with Crippen LogP contribution in [-0.2, 0) is 17.9 Å². The Morgan fingerprint density at radius 2 is 2.10 bits per heavy atom. The molecule has 0 aliphatic heterocycles. The summed E-state index contributed by atoms with van der Waals surface area (Å²) in [6, 6.07) is 8.89. The molecule has 0 atom stereocenters. The zero-order chi connectivity index (χ0) is 14.7. The molecule has 1 saturated carbocycles. The first kappa shape index (κ1) is 14.6. The molecule has 0 radical (unpaired) electrons. The van der Waals surface area contributed by atoms with Crippen LogP contribution in [0.25, 0.3) is 11.0 Å². The Kier molecular flexibility index (Phi) is 4.58. The van der Waals surface area contributed by atoms with E-state index in [2.05, 4.69) is 36.4 Å². The van der Waals surface area contributed by atoms with E-state index < -0.39 is 0 Å². The van der Waals surface area contributed by atoms with E-state index in [0.29, 0.717) is 12.6 Å². The second kappa shape index (κ2) is 6.60. The molecule has 114 valence electrons. The molecule has 1 heterocycles. The largest absolute Gasteiger partial charge is 0.459 e. The van der Waals surface area contributed by atoms with Gasteiger partial charge in [-0.3, -0.25) is 0 Å². The van der Waals surface area contributed by atoms with Crippen molar-refractivity contribution in [2.75, 3.05) is 27.2 Å². The van der Waals surface area contributed by atoms with E-state index in [1.54, 1.807) is 0 Å². The van der Waals surface area contributed by atoms with Crippen LogP contribution in [0.15, 0.2) is 28.7 Å². The van der Waals surface area contributed by atoms with Gasteiger partial charge in [0, 0.05) is 23.5 Å². The summed E-state index contributed by atoms with van der Waals surface area (Å²) in [7, 11) is 4.11. The summed E-state index contributed by atoms with van der Waals surface area (Å²) >= 11 is 0. The molecule has 1 aliphatic rings. The highest BCUT2D eigenvalue weighted by Gasteiger charge is 2.22. The lowest BCUT2D eigenvalue weighted by Gasteiger charge is -2.10. The fourth-order valence-electron chi connectivity index (χ4n) is 2.40. The Morgan fingerprint density at radius 1 is 1.29 bits per heavy atom. The Hall–Kier alpha value is -1.36. The van der Waals surface area contributed by atoms with Gasteiger partial charge in [0.25, 0.3) is 0 Å². The zero-order valence-corrected chi connectivity index (χ0v) is 12.9. The second-order valence-electron chi connectivity index (χ2n) is 6.01. The lowest BCUT2D eigenvalue weighted by molar-refractivity contribution is 0.105. The number of furan rings is 1. The van der Waals surface area contributed by atoms with Crippen LogP contribution in [0.3, 0.4) is 0 Å². The van der Waals surface area contributed by atoms with Gasteiger partial charge in [0.15, 0.2) is 0 Å². The molecule has 2 aromatic rings. The summed E-state index contributed by atoms with van der Waals surface area (Å²) in [6.45, 7) is 3.09. The summed E-state index contributed by atoms with van der Waals surface area (Å²) < 4.78 is 11.8. The molecular weight excluding hydrogens is 264 g/mol. The maximum atomic E-state index is 6.00. The quantitative estimate of drug-likeness (QED) is 0.758. The van der Waals surface area contributed by atoms with Crippen molar-refractivity contribution in [2.24, 2.45) is 0 Å². The first-order valence-electron chi connectivity index (χ1n) is 7.69. The number of hydrogen-bond donors (Lipinski definition) is 1. The summed E-state index contributed by atoms with van der Waals surface area (Å²) in [6.07, 6.45) is 2.57. The fraction of sp³-hybridized carbons (Fsp3) is 0.529. The number of nitrogens with one attached hydrogen (secondary N) is 1. The van der Waals surface area contributed by atoms with Gasteiger partial charge in [-0.1, -0.05) is 18.2 Å². The number of likely N-dealkylation sites (N-methyl/N-ethyl adjacent to an activating group) is 1. The highest BCUT2D eigenvalue weighted by Crippen LogP contribution is 2.28. The molecule has 21 heavy (non-hydrogen) atoms. The van der Waals surface area contributed by atoms with E-state index >= 15 is 0 Å². The molecule has 1 fully saturated rings. The highest BCUT2D eigenvalue weighted by molar-refractivity contribution is 5.82. The monoisotopic (exact) mass is 288 g/mol.